The van der Waals surface area contributed by atoms with E-state index in [4.69, 9.17) is 11.6 Å². The Kier molecular flexibility index (Phi) is 6.19. The Morgan fingerprint density at radius 3 is 2.36 bits per heavy atom. The smallest absolute Gasteiger partial charge is 0.204 e. The molecule has 0 aliphatic heterocycles. The lowest BCUT2D eigenvalue weighted by Crippen LogP contribution is -2.41. The van der Waals surface area contributed by atoms with Crippen LogP contribution < -0.4 is 10.9 Å². The molecular formula is C18H18BrClFN3O. The van der Waals surface area contributed by atoms with E-state index in [9.17, 15) is 9.18 Å². The van der Waals surface area contributed by atoms with Crippen LogP contribution in [-0.2, 0) is 4.79 Å². The van der Waals surface area contributed by atoms with Gasteiger partial charge in [-0.1, -0.05) is 48.3 Å². The normalized spacial score (nSPS) is 12.0. The van der Waals surface area contributed by atoms with E-state index in [1.54, 1.807) is 26.8 Å². The number of carbonyl (C=O) groups excluding carboxylic acids is 1. The van der Waals surface area contributed by atoms with Gasteiger partial charge in [-0.15, -0.1) is 0 Å². The Labute approximate surface area is 159 Å². The molecule has 0 aliphatic rings. The van der Waals surface area contributed by atoms with Gasteiger partial charge in [-0.2, -0.15) is 0 Å². The number of Topliss-reactive ketones (excluding diaryl/α,β-unsaturated/α-hetero) is 1. The average molecular weight is 427 g/mol. The molecular weight excluding hydrogens is 409 g/mol. The van der Waals surface area contributed by atoms with Crippen molar-refractivity contribution in [2.75, 3.05) is 5.43 Å². The second kappa shape index (κ2) is 7.97. The number of anilines is 1. The van der Waals surface area contributed by atoms with Crippen molar-refractivity contribution in [2.24, 2.45) is 10.4 Å². The number of carbonyl (C=O) groups is 1. The first kappa shape index (κ1) is 19.4. The van der Waals surface area contributed by atoms with Gasteiger partial charge in [-0.3, -0.25) is 15.6 Å². The number of halogens is 3. The molecule has 2 aromatic carbocycles. The third-order valence-electron chi connectivity index (χ3n) is 3.21. The van der Waals surface area contributed by atoms with Gasteiger partial charge in [0.2, 0.25) is 5.78 Å². The maximum atomic E-state index is 13.6. The molecule has 0 atom stereocenters. The topological polar surface area (TPSA) is 53.5 Å². The van der Waals surface area contributed by atoms with E-state index in [-0.39, 0.29) is 16.6 Å². The molecule has 0 saturated heterocycles. The molecule has 0 bridgehead atoms. The summed E-state index contributed by atoms with van der Waals surface area (Å²) in [4.78, 5) is 16.9. The summed E-state index contributed by atoms with van der Waals surface area (Å²) >= 11 is 9.04. The number of nitrogens with one attached hydrogen (secondary N) is 2. The van der Waals surface area contributed by atoms with Crippen LogP contribution in [0.1, 0.15) is 20.8 Å². The van der Waals surface area contributed by atoms with Crippen LogP contribution in [0.5, 0.6) is 0 Å². The molecule has 25 heavy (non-hydrogen) atoms. The second-order valence-electron chi connectivity index (χ2n) is 6.39. The monoisotopic (exact) mass is 425 g/mol. The van der Waals surface area contributed by atoms with E-state index in [1.807, 2.05) is 24.3 Å². The highest BCUT2D eigenvalue weighted by molar-refractivity contribution is 9.10. The standard InChI is InChI=1S/C18H18BrClFN3O/c1-18(2,3)16(25)17(22-13-8-9-14(20)15(21)10-13)24-23-12-6-4-11(19)5-7-12/h4-10,23H,1-3H3,(H,22,24). The predicted octanol–water partition coefficient (Wildman–Crippen LogP) is 5.50. The van der Waals surface area contributed by atoms with Crippen molar-refractivity contribution >= 4 is 50.5 Å². The quantitative estimate of drug-likeness (QED) is 0.385. The maximum absolute atomic E-state index is 13.6. The lowest BCUT2D eigenvalue weighted by atomic mass is 9.90. The van der Waals surface area contributed by atoms with Crippen molar-refractivity contribution in [1.82, 2.24) is 5.43 Å². The fourth-order valence-corrected chi connectivity index (χ4v) is 2.22. The van der Waals surface area contributed by atoms with Crippen LogP contribution in [0.25, 0.3) is 0 Å². The van der Waals surface area contributed by atoms with Crippen LogP contribution in [0.2, 0.25) is 5.02 Å². The third kappa shape index (κ3) is 5.54. The van der Waals surface area contributed by atoms with E-state index in [1.165, 1.54) is 12.1 Å². The van der Waals surface area contributed by atoms with Crippen LogP contribution >= 0.6 is 27.5 Å². The van der Waals surface area contributed by atoms with Gasteiger partial charge in [-0.25, -0.2) is 9.38 Å². The van der Waals surface area contributed by atoms with E-state index in [0.29, 0.717) is 5.69 Å². The van der Waals surface area contributed by atoms with Crippen molar-refractivity contribution in [3.63, 3.8) is 0 Å². The Balaban J connectivity index is 2.29. The Hall–Kier alpha value is -1.92. The number of nitrogens with zero attached hydrogens (tertiary/aromatic N) is 1. The molecule has 0 aliphatic carbocycles. The SMILES string of the molecule is CC(C)(C)C(=O)C(=Nc1ccc(Cl)c(F)c1)NNc1ccc(Br)cc1. The highest BCUT2D eigenvalue weighted by Crippen LogP contribution is 2.22. The summed E-state index contributed by atoms with van der Waals surface area (Å²) in [6.45, 7) is 5.36. The zero-order valence-corrected chi connectivity index (χ0v) is 16.4. The highest BCUT2D eigenvalue weighted by Gasteiger charge is 2.26. The Morgan fingerprint density at radius 2 is 1.80 bits per heavy atom. The minimum absolute atomic E-state index is 0.00333. The molecule has 0 fully saturated rings. The predicted molar refractivity (Wildman–Crippen MR) is 104 cm³/mol. The van der Waals surface area contributed by atoms with Gasteiger partial charge in [0, 0.05) is 16.0 Å². The summed E-state index contributed by atoms with van der Waals surface area (Å²) in [6.07, 6.45) is 0. The molecule has 2 aromatic rings. The zero-order chi connectivity index (χ0) is 18.6. The van der Waals surface area contributed by atoms with Crippen molar-refractivity contribution in [1.29, 1.82) is 0 Å². The summed E-state index contributed by atoms with van der Waals surface area (Å²) in [5.41, 5.74) is 6.14. The fraction of sp³-hybridized carbons (Fsp3) is 0.222. The number of ketones is 1. The summed E-state index contributed by atoms with van der Waals surface area (Å²) in [6, 6.07) is 11.5. The molecule has 0 unspecified atom stereocenters. The van der Waals surface area contributed by atoms with Crippen LogP contribution in [0.4, 0.5) is 15.8 Å². The number of aliphatic imine (C=N–C) groups is 1. The summed E-state index contributed by atoms with van der Waals surface area (Å²) in [5.74, 6) is -0.726. The number of hydrazine groups is 1. The summed E-state index contributed by atoms with van der Waals surface area (Å²) in [7, 11) is 0. The van der Waals surface area contributed by atoms with E-state index >= 15 is 0 Å². The zero-order valence-electron chi connectivity index (χ0n) is 14.0. The molecule has 0 aromatic heterocycles. The lowest BCUT2D eigenvalue weighted by molar-refractivity contribution is -0.119. The third-order valence-corrected chi connectivity index (χ3v) is 4.05. The number of hydrogen-bond donors (Lipinski definition) is 2. The summed E-state index contributed by atoms with van der Waals surface area (Å²) < 4.78 is 14.6. The molecule has 0 saturated carbocycles. The Morgan fingerprint density at radius 1 is 1.16 bits per heavy atom. The molecule has 0 radical (unpaired) electrons. The van der Waals surface area contributed by atoms with Crippen LogP contribution in [0, 0.1) is 11.2 Å². The minimum atomic E-state index is -0.655. The Bertz CT molecular complexity index is 801. The van der Waals surface area contributed by atoms with Crippen LogP contribution in [0.15, 0.2) is 51.9 Å². The van der Waals surface area contributed by atoms with Crippen molar-refractivity contribution in [3.8, 4) is 0 Å². The summed E-state index contributed by atoms with van der Waals surface area (Å²) in [5, 5.41) is 0.00333. The molecule has 0 spiro atoms. The molecule has 7 heteroatoms. The number of hydrogen-bond acceptors (Lipinski definition) is 3. The van der Waals surface area contributed by atoms with E-state index in [0.717, 1.165) is 10.2 Å². The van der Waals surface area contributed by atoms with Gasteiger partial charge in [0.15, 0.2) is 5.84 Å². The molecule has 2 N–H and O–H groups in total. The van der Waals surface area contributed by atoms with Gasteiger partial charge >= 0.3 is 0 Å². The van der Waals surface area contributed by atoms with Crippen LogP contribution in [0.3, 0.4) is 0 Å². The first-order chi connectivity index (χ1) is 11.7. The highest BCUT2D eigenvalue weighted by atomic mass is 79.9. The number of rotatable bonds is 4. The largest absolute Gasteiger partial charge is 0.300 e. The van der Waals surface area contributed by atoms with E-state index in [2.05, 4.69) is 31.8 Å². The number of benzene rings is 2. The van der Waals surface area contributed by atoms with Crippen molar-refractivity contribution in [2.45, 2.75) is 20.8 Å². The van der Waals surface area contributed by atoms with Gasteiger partial charge in [0.1, 0.15) is 5.82 Å². The molecule has 132 valence electrons. The van der Waals surface area contributed by atoms with Crippen molar-refractivity contribution in [3.05, 3.63) is 57.8 Å². The number of amidine groups is 1. The van der Waals surface area contributed by atoms with E-state index < -0.39 is 11.2 Å². The maximum Gasteiger partial charge on any atom is 0.204 e. The second-order valence-corrected chi connectivity index (χ2v) is 7.72. The fourth-order valence-electron chi connectivity index (χ4n) is 1.84. The van der Waals surface area contributed by atoms with Gasteiger partial charge in [0.25, 0.3) is 0 Å². The molecule has 0 heterocycles. The minimum Gasteiger partial charge on any atom is -0.300 e. The molecule has 2 rings (SSSR count). The first-order valence-corrected chi connectivity index (χ1v) is 8.70. The lowest BCUT2D eigenvalue weighted by Gasteiger charge is -2.20. The molecule has 0 amide bonds. The van der Waals surface area contributed by atoms with Gasteiger partial charge in [0.05, 0.1) is 16.4 Å². The average Bonchev–Trinajstić information content (AvgIpc) is 2.54. The molecule has 4 nitrogen and oxygen atoms in total. The first-order valence-electron chi connectivity index (χ1n) is 7.53. The van der Waals surface area contributed by atoms with Gasteiger partial charge < -0.3 is 0 Å². The van der Waals surface area contributed by atoms with Crippen LogP contribution in [-0.4, -0.2) is 11.6 Å². The van der Waals surface area contributed by atoms with Gasteiger partial charge in [-0.05, 0) is 36.4 Å². The van der Waals surface area contributed by atoms with Crippen molar-refractivity contribution < 1.29 is 9.18 Å².